The number of para-hydroxylation sites is 1. The molecule has 0 radical (unpaired) electrons. The lowest BCUT2D eigenvalue weighted by molar-refractivity contribution is -0.383. The average molecular weight is 277 g/mol. The zero-order chi connectivity index (χ0) is 14.9. The molecule has 2 rings (SSSR count). The minimum Gasteiger partial charge on any atom is -0.393 e. The second-order valence-electron chi connectivity index (χ2n) is 5.34. The number of nitro groups is 1. The molecule has 0 spiro atoms. The third-order valence-electron chi connectivity index (χ3n) is 3.94. The highest BCUT2D eigenvalue weighted by atomic mass is 16.6. The molecular weight excluding hydrogens is 258 g/mol. The smallest absolute Gasteiger partial charge is 0.292 e. The molecule has 1 aliphatic heterocycles. The van der Waals surface area contributed by atoms with E-state index in [4.69, 9.17) is 5.73 Å². The Hall–Kier alpha value is -2.11. The molecule has 0 unspecified atom stereocenters. The second kappa shape index (κ2) is 5.48. The molecule has 1 aromatic rings. The monoisotopic (exact) mass is 277 g/mol. The van der Waals surface area contributed by atoms with Crippen LogP contribution in [0.2, 0.25) is 0 Å². The van der Waals surface area contributed by atoms with Crippen molar-refractivity contribution >= 4 is 17.3 Å². The van der Waals surface area contributed by atoms with Crippen LogP contribution in [0.3, 0.4) is 0 Å². The summed E-state index contributed by atoms with van der Waals surface area (Å²) < 4.78 is 0. The third kappa shape index (κ3) is 2.45. The predicted molar refractivity (Wildman–Crippen MR) is 76.5 cm³/mol. The Labute approximate surface area is 117 Å². The molecule has 0 aliphatic carbocycles. The van der Waals surface area contributed by atoms with Crippen molar-refractivity contribution in [3.8, 4) is 0 Å². The Morgan fingerprint density at radius 3 is 2.50 bits per heavy atom. The molecule has 0 bridgehead atoms. The molecule has 2 N–H and O–H groups in total. The van der Waals surface area contributed by atoms with Gasteiger partial charge in [-0.1, -0.05) is 6.07 Å². The highest BCUT2D eigenvalue weighted by Gasteiger charge is 2.31. The number of amides is 1. The number of benzene rings is 1. The van der Waals surface area contributed by atoms with Crippen LogP contribution in [0.5, 0.6) is 0 Å². The van der Waals surface area contributed by atoms with E-state index in [1.54, 1.807) is 11.0 Å². The zero-order valence-corrected chi connectivity index (χ0v) is 11.7. The van der Waals surface area contributed by atoms with Crippen LogP contribution in [0.25, 0.3) is 0 Å². The lowest BCUT2D eigenvalue weighted by Crippen LogP contribution is -2.47. The summed E-state index contributed by atoms with van der Waals surface area (Å²) in [7, 11) is 0. The van der Waals surface area contributed by atoms with Gasteiger partial charge in [0.25, 0.3) is 11.6 Å². The maximum atomic E-state index is 12.6. The van der Waals surface area contributed by atoms with E-state index in [2.05, 4.69) is 0 Å². The van der Waals surface area contributed by atoms with Crippen LogP contribution >= 0.6 is 0 Å². The van der Waals surface area contributed by atoms with E-state index in [0.717, 1.165) is 19.3 Å². The first kappa shape index (κ1) is 14.3. The number of nitrogens with zero attached hydrogens (tertiary/aromatic N) is 2. The summed E-state index contributed by atoms with van der Waals surface area (Å²) in [5.74, 6) is -0.217. The van der Waals surface area contributed by atoms with Crippen LogP contribution in [0.4, 0.5) is 11.4 Å². The number of likely N-dealkylation sites (tertiary alicyclic amines) is 1. The van der Waals surface area contributed by atoms with Gasteiger partial charge in [0.1, 0.15) is 5.69 Å². The quantitative estimate of drug-likeness (QED) is 0.511. The molecule has 1 fully saturated rings. The van der Waals surface area contributed by atoms with Crippen LogP contribution in [0.15, 0.2) is 18.2 Å². The summed E-state index contributed by atoms with van der Waals surface area (Å²) in [5.41, 5.74) is 5.75. The Morgan fingerprint density at radius 1 is 1.35 bits per heavy atom. The molecular formula is C14H19N3O3. The number of nitro benzene ring substituents is 1. The van der Waals surface area contributed by atoms with Crippen LogP contribution in [0.1, 0.15) is 43.5 Å². The van der Waals surface area contributed by atoms with Crippen molar-refractivity contribution in [2.75, 3.05) is 5.73 Å². The fraction of sp³-hybridized carbons (Fsp3) is 0.500. The van der Waals surface area contributed by atoms with Gasteiger partial charge in [-0.2, -0.15) is 0 Å². The van der Waals surface area contributed by atoms with E-state index < -0.39 is 4.92 Å². The van der Waals surface area contributed by atoms with Gasteiger partial charge in [0, 0.05) is 18.2 Å². The van der Waals surface area contributed by atoms with Gasteiger partial charge in [-0.15, -0.1) is 0 Å². The lowest BCUT2D eigenvalue weighted by atomic mass is 9.96. The maximum Gasteiger partial charge on any atom is 0.292 e. The first-order valence-corrected chi connectivity index (χ1v) is 6.79. The lowest BCUT2D eigenvalue weighted by Gasteiger charge is -2.39. The van der Waals surface area contributed by atoms with Gasteiger partial charge >= 0.3 is 0 Å². The van der Waals surface area contributed by atoms with Crippen molar-refractivity contribution in [2.24, 2.45) is 0 Å². The van der Waals surface area contributed by atoms with Gasteiger partial charge < -0.3 is 10.6 Å². The number of hydrogen-bond donors (Lipinski definition) is 1. The van der Waals surface area contributed by atoms with Crippen LogP contribution in [-0.4, -0.2) is 27.8 Å². The van der Waals surface area contributed by atoms with E-state index in [-0.39, 0.29) is 34.9 Å². The maximum absolute atomic E-state index is 12.6. The van der Waals surface area contributed by atoms with Crippen molar-refractivity contribution in [3.05, 3.63) is 33.9 Å². The molecule has 20 heavy (non-hydrogen) atoms. The van der Waals surface area contributed by atoms with E-state index >= 15 is 0 Å². The van der Waals surface area contributed by atoms with Crippen molar-refractivity contribution in [3.63, 3.8) is 0 Å². The summed E-state index contributed by atoms with van der Waals surface area (Å²) >= 11 is 0. The SMILES string of the molecule is C[C@@H]1CCC[C@H](C)N1C(=O)c1cccc([N+](=O)[O-])c1N. The summed E-state index contributed by atoms with van der Waals surface area (Å²) in [5, 5.41) is 10.9. The van der Waals surface area contributed by atoms with Crippen molar-refractivity contribution in [1.82, 2.24) is 4.90 Å². The number of carbonyl (C=O) groups excluding carboxylic acids is 1. The summed E-state index contributed by atoms with van der Waals surface area (Å²) in [6.45, 7) is 4.00. The highest BCUT2D eigenvalue weighted by Crippen LogP contribution is 2.30. The zero-order valence-electron chi connectivity index (χ0n) is 11.7. The van der Waals surface area contributed by atoms with E-state index in [9.17, 15) is 14.9 Å². The minimum atomic E-state index is -0.560. The number of nitrogens with two attached hydrogens (primary N) is 1. The fourth-order valence-electron chi connectivity index (χ4n) is 2.86. The number of anilines is 1. The molecule has 2 atom stereocenters. The Balaban J connectivity index is 2.38. The van der Waals surface area contributed by atoms with Gasteiger partial charge in [0.2, 0.25) is 0 Å². The molecule has 1 heterocycles. The third-order valence-corrected chi connectivity index (χ3v) is 3.94. The number of carbonyl (C=O) groups is 1. The number of nitrogen functional groups attached to an aromatic ring is 1. The molecule has 1 amide bonds. The van der Waals surface area contributed by atoms with E-state index in [1.807, 2.05) is 13.8 Å². The summed E-state index contributed by atoms with van der Waals surface area (Å²) in [6.07, 6.45) is 2.99. The molecule has 6 nitrogen and oxygen atoms in total. The van der Waals surface area contributed by atoms with Crippen LogP contribution < -0.4 is 5.73 Å². The summed E-state index contributed by atoms with van der Waals surface area (Å²) in [4.78, 5) is 24.8. The number of piperidine rings is 1. The average Bonchev–Trinajstić information content (AvgIpc) is 2.38. The normalized spacial score (nSPS) is 22.6. The predicted octanol–water partition coefficient (Wildman–Crippen LogP) is 2.58. The van der Waals surface area contributed by atoms with Crippen molar-refractivity contribution < 1.29 is 9.72 Å². The topological polar surface area (TPSA) is 89.5 Å². The Kier molecular flexibility index (Phi) is 3.92. The number of hydrogen-bond acceptors (Lipinski definition) is 4. The number of rotatable bonds is 2. The van der Waals surface area contributed by atoms with E-state index in [0.29, 0.717) is 0 Å². The van der Waals surface area contributed by atoms with Gasteiger partial charge in [-0.3, -0.25) is 14.9 Å². The van der Waals surface area contributed by atoms with Crippen molar-refractivity contribution in [2.45, 2.75) is 45.2 Å². The van der Waals surface area contributed by atoms with Gasteiger partial charge in [0.05, 0.1) is 10.5 Å². The first-order chi connectivity index (χ1) is 9.43. The van der Waals surface area contributed by atoms with E-state index in [1.165, 1.54) is 12.1 Å². The molecule has 0 aromatic heterocycles. The van der Waals surface area contributed by atoms with Crippen LogP contribution in [-0.2, 0) is 0 Å². The Bertz CT molecular complexity index is 534. The molecule has 1 saturated heterocycles. The fourth-order valence-corrected chi connectivity index (χ4v) is 2.86. The van der Waals surface area contributed by atoms with Gasteiger partial charge in [0.15, 0.2) is 0 Å². The summed E-state index contributed by atoms with van der Waals surface area (Å²) in [6, 6.07) is 4.63. The molecule has 0 saturated carbocycles. The molecule has 1 aliphatic rings. The van der Waals surface area contributed by atoms with Gasteiger partial charge in [-0.25, -0.2) is 0 Å². The minimum absolute atomic E-state index is 0.0486. The Morgan fingerprint density at radius 2 is 1.95 bits per heavy atom. The standard InChI is InChI=1S/C14H19N3O3/c1-9-5-3-6-10(2)16(9)14(18)11-7-4-8-12(13(11)15)17(19)20/h4,7-10H,3,5-6,15H2,1-2H3/t9-,10+. The first-order valence-electron chi connectivity index (χ1n) is 6.79. The highest BCUT2D eigenvalue weighted by molar-refractivity contribution is 6.01. The van der Waals surface area contributed by atoms with Gasteiger partial charge in [-0.05, 0) is 39.2 Å². The van der Waals surface area contributed by atoms with Crippen molar-refractivity contribution in [1.29, 1.82) is 0 Å². The van der Waals surface area contributed by atoms with Crippen LogP contribution in [0, 0.1) is 10.1 Å². The molecule has 108 valence electrons. The molecule has 1 aromatic carbocycles. The second-order valence-corrected chi connectivity index (χ2v) is 5.34. The molecule has 6 heteroatoms. The largest absolute Gasteiger partial charge is 0.393 e.